The lowest BCUT2D eigenvalue weighted by atomic mass is 10.1. The Kier molecular flexibility index (Phi) is 5.55. The number of Topliss-reactive ketones (excluding diaryl/α,β-unsaturated/α-hetero) is 1. The van der Waals surface area contributed by atoms with Crippen LogP contribution in [0, 0.1) is 11.3 Å². The summed E-state index contributed by atoms with van der Waals surface area (Å²) < 4.78 is 5.54. The summed E-state index contributed by atoms with van der Waals surface area (Å²) in [5.74, 6) is 0.994. The van der Waals surface area contributed by atoms with E-state index in [1.807, 2.05) is 19.9 Å². The molecule has 118 valence electrons. The molecule has 1 aromatic heterocycles. The first-order valence-corrected chi connectivity index (χ1v) is 7.93. The van der Waals surface area contributed by atoms with Gasteiger partial charge in [-0.1, -0.05) is 11.8 Å². The predicted octanol–water partition coefficient (Wildman–Crippen LogP) is 2.69. The molecule has 0 aliphatic rings. The van der Waals surface area contributed by atoms with Gasteiger partial charge in [0.2, 0.25) is 0 Å². The monoisotopic (exact) mass is 328 g/mol. The third-order valence-electron chi connectivity index (χ3n) is 2.80. The van der Waals surface area contributed by atoms with Gasteiger partial charge < -0.3 is 10.5 Å². The quantitative estimate of drug-likeness (QED) is 0.494. The van der Waals surface area contributed by atoms with E-state index in [9.17, 15) is 4.79 Å². The molecule has 0 spiro atoms. The van der Waals surface area contributed by atoms with Crippen LogP contribution in [0.3, 0.4) is 0 Å². The number of aromatic nitrogens is 2. The van der Waals surface area contributed by atoms with Crippen molar-refractivity contribution in [3.63, 3.8) is 0 Å². The minimum Gasteiger partial charge on any atom is -0.491 e. The second-order valence-electron chi connectivity index (χ2n) is 4.97. The van der Waals surface area contributed by atoms with Crippen LogP contribution in [0.15, 0.2) is 35.6 Å². The molecule has 0 aliphatic carbocycles. The Labute approximate surface area is 138 Å². The zero-order chi connectivity index (χ0) is 16.8. The third kappa shape index (κ3) is 4.69. The number of ketones is 1. The molecule has 0 saturated carbocycles. The van der Waals surface area contributed by atoms with Crippen molar-refractivity contribution in [2.24, 2.45) is 0 Å². The Morgan fingerprint density at radius 2 is 2.09 bits per heavy atom. The molecule has 7 heteroatoms. The normalized spacial score (nSPS) is 10.3. The van der Waals surface area contributed by atoms with Gasteiger partial charge in [0.25, 0.3) is 0 Å². The van der Waals surface area contributed by atoms with Gasteiger partial charge in [0.15, 0.2) is 10.9 Å². The highest BCUT2D eigenvalue weighted by molar-refractivity contribution is 7.99. The zero-order valence-electron chi connectivity index (χ0n) is 12.8. The number of thioether (sulfide) groups is 1. The van der Waals surface area contributed by atoms with E-state index in [1.165, 1.54) is 18.0 Å². The molecule has 0 atom stereocenters. The van der Waals surface area contributed by atoms with Crippen LogP contribution < -0.4 is 10.5 Å². The standard InChI is InChI=1S/C16H16N4O2S/c1-10(2)22-13-5-3-11(4-6-13)14(21)9-23-16-19-8-12(7-17)15(18)20-16/h3-6,8,10H,9H2,1-2H3,(H2,18,19,20). The Balaban J connectivity index is 1.97. The van der Waals surface area contributed by atoms with E-state index in [2.05, 4.69) is 9.97 Å². The number of anilines is 1. The van der Waals surface area contributed by atoms with Gasteiger partial charge in [0, 0.05) is 5.56 Å². The van der Waals surface area contributed by atoms with Crippen LogP contribution in [0.1, 0.15) is 29.8 Å². The number of nitrogens with two attached hydrogens (primary N) is 1. The summed E-state index contributed by atoms with van der Waals surface area (Å²) in [6.45, 7) is 3.89. The summed E-state index contributed by atoms with van der Waals surface area (Å²) in [6, 6.07) is 8.90. The van der Waals surface area contributed by atoms with E-state index in [0.717, 1.165) is 5.75 Å². The van der Waals surface area contributed by atoms with Crippen LogP contribution in [0.5, 0.6) is 5.75 Å². The number of hydrogen-bond acceptors (Lipinski definition) is 7. The number of nitrogen functional groups attached to an aromatic ring is 1. The topological polar surface area (TPSA) is 102 Å². The van der Waals surface area contributed by atoms with Gasteiger partial charge in [0.05, 0.1) is 18.1 Å². The average molecular weight is 328 g/mol. The summed E-state index contributed by atoms with van der Waals surface area (Å²) in [4.78, 5) is 20.1. The van der Waals surface area contributed by atoms with Gasteiger partial charge in [-0.25, -0.2) is 9.97 Å². The first-order valence-electron chi connectivity index (χ1n) is 6.95. The minimum absolute atomic E-state index is 0.0439. The maximum absolute atomic E-state index is 12.2. The maximum Gasteiger partial charge on any atom is 0.189 e. The van der Waals surface area contributed by atoms with Crippen molar-refractivity contribution < 1.29 is 9.53 Å². The summed E-state index contributed by atoms with van der Waals surface area (Å²) in [6.07, 6.45) is 1.44. The molecule has 1 aromatic carbocycles. The Morgan fingerprint density at radius 1 is 1.39 bits per heavy atom. The van der Waals surface area contributed by atoms with Gasteiger partial charge in [0.1, 0.15) is 23.2 Å². The van der Waals surface area contributed by atoms with Crippen molar-refractivity contribution >= 4 is 23.4 Å². The van der Waals surface area contributed by atoms with Crippen LogP contribution in [0.4, 0.5) is 5.82 Å². The fourth-order valence-electron chi connectivity index (χ4n) is 1.74. The number of carbonyl (C=O) groups excluding carboxylic acids is 1. The lowest BCUT2D eigenvalue weighted by Crippen LogP contribution is -2.07. The molecule has 0 amide bonds. The molecule has 1 heterocycles. The highest BCUT2D eigenvalue weighted by atomic mass is 32.2. The smallest absolute Gasteiger partial charge is 0.189 e. The van der Waals surface area contributed by atoms with Gasteiger partial charge >= 0.3 is 0 Å². The van der Waals surface area contributed by atoms with Crippen LogP contribution in [0.2, 0.25) is 0 Å². The highest BCUT2D eigenvalue weighted by Gasteiger charge is 2.10. The fraction of sp³-hybridized carbons (Fsp3) is 0.250. The Morgan fingerprint density at radius 3 is 2.65 bits per heavy atom. The second kappa shape index (κ2) is 7.61. The molecule has 0 fully saturated rings. The molecule has 2 aromatic rings. The number of rotatable bonds is 6. The minimum atomic E-state index is -0.0439. The van der Waals surface area contributed by atoms with E-state index >= 15 is 0 Å². The van der Waals surface area contributed by atoms with E-state index in [-0.39, 0.29) is 29.0 Å². The average Bonchev–Trinajstić information content (AvgIpc) is 2.53. The molecule has 0 radical (unpaired) electrons. The maximum atomic E-state index is 12.2. The molecule has 6 nitrogen and oxygen atoms in total. The molecule has 0 aliphatic heterocycles. The SMILES string of the molecule is CC(C)Oc1ccc(C(=O)CSc2ncc(C#N)c(N)n2)cc1. The van der Waals surface area contributed by atoms with Crippen LogP contribution in [0.25, 0.3) is 0 Å². The predicted molar refractivity (Wildman–Crippen MR) is 88.4 cm³/mol. The number of benzene rings is 1. The molecule has 2 N–H and O–H groups in total. The lowest BCUT2D eigenvalue weighted by molar-refractivity contribution is 0.102. The van der Waals surface area contributed by atoms with E-state index in [1.54, 1.807) is 24.3 Å². The third-order valence-corrected chi connectivity index (χ3v) is 3.66. The van der Waals surface area contributed by atoms with E-state index < -0.39 is 0 Å². The van der Waals surface area contributed by atoms with Gasteiger partial charge in [-0.3, -0.25) is 4.79 Å². The zero-order valence-corrected chi connectivity index (χ0v) is 13.6. The van der Waals surface area contributed by atoms with Gasteiger partial charge in [-0.2, -0.15) is 5.26 Å². The number of nitriles is 1. The van der Waals surface area contributed by atoms with Crippen molar-refractivity contribution in [2.45, 2.75) is 25.1 Å². The van der Waals surface area contributed by atoms with Crippen molar-refractivity contribution in [1.29, 1.82) is 5.26 Å². The number of hydrogen-bond donors (Lipinski definition) is 1. The molecule has 0 unspecified atom stereocenters. The van der Waals surface area contributed by atoms with Crippen molar-refractivity contribution in [3.05, 3.63) is 41.6 Å². The number of ether oxygens (including phenoxy) is 1. The van der Waals surface area contributed by atoms with Crippen molar-refractivity contribution in [2.75, 3.05) is 11.5 Å². The lowest BCUT2D eigenvalue weighted by Gasteiger charge is -2.09. The van der Waals surface area contributed by atoms with E-state index in [0.29, 0.717) is 10.7 Å². The van der Waals surface area contributed by atoms with E-state index in [4.69, 9.17) is 15.7 Å². The summed E-state index contributed by atoms with van der Waals surface area (Å²) >= 11 is 1.18. The Hall–Kier alpha value is -2.59. The molecule has 0 bridgehead atoms. The van der Waals surface area contributed by atoms with Crippen LogP contribution in [-0.2, 0) is 0 Å². The largest absolute Gasteiger partial charge is 0.491 e. The molecule has 0 saturated heterocycles. The van der Waals surface area contributed by atoms with Gasteiger partial charge in [-0.05, 0) is 38.1 Å². The number of nitrogens with zero attached hydrogens (tertiary/aromatic N) is 3. The highest BCUT2D eigenvalue weighted by Crippen LogP contribution is 2.19. The summed E-state index contributed by atoms with van der Waals surface area (Å²) in [7, 11) is 0. The summed E-state index contributed by atoms with van der Waals surface area (Å²) in [5, 5.41) is 9.14. The van der Waals surface area contributed by atoms with Crippen LogP contribution in [-0.4, -0.2) is 27.6 Å². The summed E-state index contributed by atoms with van der Waals surface area (Å²) in [5.41, 5.74) is 6.44. The fourth-order valence-corrected chi connectivity index (χ4v) is 2.46. The second-order valence-corrected chi connectivity index (χ2v) is 5.91. The number of carbonyl (C=O) groups is 1. The molecular formula is C16H16N4O2S. The molecular weight excluding hydrogens is 312 g/mol. The van der Waals surface area contributed by atoms with Gasteiger partial charge in [-0.15, -0.1) is 0 Å². The van der Waals surface area contributed by atoms with Crippen molar-refractivity contribution in [3.8, 4) is 11.8 Å². The molecule has 23 heavy (non-hydrogen) atoms. The Bertz CT molecular complexity index is 739. The molecule has 2 rings (SSSR count). The van der Waals surface area contributed by atoms with Crippen molar-refractivity contribution in [1.82, 2.24) is 9.97 Å². The first-order chi connectivity index (χ1) is 11.0. The first kappa shape index (κ1) is 16.8. The van der Waals surface area contributed by atoms with Crippen LogP contribution >= 0.6 is 11.8 Å².